The lowest BCUT2D eigenvalue weighted by atomic mass is 9.78. The molecule has 1 unspecified atom stereocenters. The van der Waals surface area contributed by atoms with Crippen molar-refractivity contribution in [1.82, 2.24) is 0 Å². The van der Waals surface area contributed by atoms with Gasteiger partial charge in [-0.05, 0) is 123 Å². The van der Waals surface area contributed by atoms with Crippen LogP contribution >= 0.6 is 0 Å². The standard InChI is InChI=1S/C51H32/c1-2-13-33(14-3-1)46-30-35-15-4-5-17-38(35)50(46)51-44-22-10-8-20-42(44)48(43-21-9-11-23-45(43)51)34-27-25-32(26-28-34)37-29-36-16-12-24-41-39-18-6-7-19-40(39)47(31-37)49(36)41/h1-31,50H. The molecule has 2 aliphatic carbocycles. The summed E-state index contributed by atoms with van der Waals surface area (Å²) >= 11 is 0. The lowest BCUT2D eigenvalue weighted by Gasteiger charge is -2.24. The van der Waals surface area contributed by atoms with Crippen LogP contribution in [0.4, 0.5) is 0 Å². The lowest BCUT2D eigenvalue weighted by Crippen LogP contribution is -2.04. The highest BCUT2D eigenvalue weighted by Crippen LogP contribution is 2.52. The molecule has 0 heterocycles. The van der Waals surface area contributed by atoms with Crippen molar-refractivity contribution >= 4 is 44.0 Å². The summed E-state index contributed by atoms with van der Waals surface area (Å²) in [6.45, 7) is 0. The molecule has 0 saturated heterocycles. The third-order valence-corrected chi connectivity index (χ3v) is 11.3. The first-order valence-corrected chi connectivity index (χ1v) is 17.9. The monoisotopic (exact) mass is 644 g/mol. The van der Waals surface area contributed by atoms with Gasteiger partial charge in [0, 0.05) is 5.92 Å². The Kier molecular flexibility index (Phi) is 6.12. The van der Waals surface area contributed by atoms with Gasteiger partial charge in [-0.15, -0.1) is 0 Å². The maximum absolute atomic E-state index is 2.41. The second-order valence-electron chi connectivity index (χ2n) is 14.0. The Morgan fingerprint density at radius 3 is 1.69 bits per heavy atom. The summed E-state index contributed by atoms with van der Waals surface area (Å²) in [7, 11) is 0. The van der Waals surface area contributed by atoms with Crippen LogP contribution in [0.5, 0.6) is 0 Å². The highest BCUT2D eigenvalue weighted by atomic mass is 14.3. The maximum atomic E-state index is 2.41. The van der Waals surface area contributed by atoms with Gasteiger partial charge in [0.25, 0.3) is 0 Å². The molecule has 51 heavy (non-hydrogen) atoms. The predicted molar refractivity (Wildman–Crippen MR) is 217 cm³/mol. The zero-order valence-electron chi connectivity index (χ0n) is 28.0. The van der Waals surface area contributed by atoms with Crippen LogP contribution in [0.1, 0.15) is 28.2 Å². The molecule has 0 spiro atoms. The van der Waals surface area contributed by atoms with Crippen LogP contribution in [0.2, 0.25) is 0 Å². The van der Waals surface area contributed by atoms with Gasteiger partial charge < -0.3 is 0 Å². The average Bonchev–Trinajstić information content (AvgIpc) is 3.74. The first kappa shape index (κ1) is 28.3. The fourth-order valence-corrected chi connectivity index (χ4v) is 9.11. The normalized spacial score (nSPS) is 14.2. The number of allylic oxidation sites excluding steroid dienone is 1. The quantitative estimate of drug-likeness (QED) is 0.167. The summed E-state index contributed by atoms with van der Waals surface area (Å²) in [4.78, 5) is 0. The zero-order chi connectivity index (χ0) is 33.5. The van der Waals surface area contributed by atoms with E-state index in [1.165, 1.54) is 105 Å². The van der Waals surface area contributed by atoms with Gasteiger partial charge in [-0.1, -0.05) is 170 Å². The summed E-state index contributed by atoms with van der Waals surface area (Å²) in [5.41, 5.74) is 17.1. The van der Waals surface area contributed by atoms with Crippen molar-refractivity contribution in [3.8, 4) is 44.5 Å². The summed E-state index contributed by atoms with van der Waals surface area (Å²) in [6.07, 6.45) is 2.41. The smallest absolute Gasteiger partial charge is 0.0364 e. The SMILES string of the molecule is C1=C(c2ccccc2)C(c2c3ccccc3c(-c3ccc(-c4cc5c6c(cccc6c4)-c4ccccc4-5)cc3)c3ccccc23)c2ccccc21. The first-order chi connectivity index (χ1) is 25.3. The summed E-state index contributed by atoms with van der Waals surface area (Å²) < 4.78 is 0. The first-order valence-electron chi connectivity index (χ1n) is 17.9. The Morgan fingerprint density at radius 1 is 0.353 bits per heavy atom. The molecule has 0 nitrogen and oxygen atoms in total. The molecule has 9 aromatic carbocycles. The van der Waals surface area contributed by atoms with E-state index in [1.54, 1.807) is 0 Å². The summed E-state index contributed by atoms with van der Waals surface area (Å²) in [6, 6.07) is 67.5. The van der Waals surface area contributed by atoms with Gasteiger partial charge >= 0.3 is 0 Å². The molecule has 2 aliphatic rings. The van der Waals surface area contributed by atoms with E-state index < -0.39 is 0 Å². The van der Waals surface area contributed by atoms with Crippen molar-refractivity contribution in [2.45, 2.75) is 5.92 Å². The van der Waals surface area contributed by atoms with Crippen LogP contribution in [-0.4, -0.2) is 0 Å². The third-order valence-electron chi connectivity index (χ3n) is 11.3. The van der Waals surface area contributed by atoms with Crippen LogP contribution in [0, 0.1) is 0 Å². The molecule has 9 aromatic rings. The number of benzene rings is 9. The van der Waals surface area contributed by atoms with Gasteiger partial charge in [0.2, 0.25) is 0 Å². The van der Waals surface area contributed by atoms with Crippen LogP contribution in [0.25, 0.3) is 88.5 Å². The van der Waals surface area contributed by atoms with Gasteiger partial charge in [-0.25, -0.2) is 0 Å². The van der Waals surface area contributed by atoms with Crippen molar-refractivity contribution in [2.75, 3.05) is 0 Å². The Bertz CT molecular complexity index is 2830. The van der Waals surface area contributed by atoms with Crippen molar-refractivity contribution in [3.63, 3.8) is 0 Å². The largest absolute Gasteiger partial charge is 0.0622 e. The molecule has 0 bridgehead atoms. The Morgan fingerprint density at radius 2 is 0.941 bits per heavy atom. The minimum Gasteiger partial charge on any atom is -0.0622 e. The minimum atomic E-state index is 0.130. The van der Waals surface area contributed by atoms with Crippen LogP contribution in [-0.2, 0) is 0 Å². The van der Waals surface area contributed by atoms with E-state index in [-0.39, 0.29) is 5.92 Å². The van der Waals surface area contributed by atoms with Crippen LogP contribution < -0.4 is 0 Å². The van der Waals surface area contributed by atoms with Crippen LogP contribution in [0.15, 0.2) is 182 Å². The molecule has 11 rings (SSSR count). The Labute approximate surface area is 297 Å². The molecule has 0 fully saturated rings. The van der Waals surface area contributed by atoms with Gasteiger partial charge in [0.05, 0.1) is 0 Å². The second-order valence-corrected chi connectivity index (χ2v) is 14.0. The molecule has 0 aliphatic heterocycles. The molecular weight excluding hydrogens is 613 g/mol. The molecule has 0 N–H and O–H groups in total. The molecule has 0 aromatic heterocycles. The Hall–Kier alpha value is -6.50. The Balaban J connectivity index is 1.09. The number of hydrogen-bond donors (Lipinski definition) is 0. The van der Waals surface area contributed by atoms with Crippen molar-refractivity contribution in [3.05, 3.63) is 204 Å². The number of fused-ring (bicyclic) bond motifs is 6. The second kappa shape index (κ2) is 11.0. The van der Waals surface area contributed by atoms with E-state index in [1.807, 2.05) is 0 Å². The van der Waals surface area contributed by atoms with Gasteiger partial charge in [0.1, 0.15) is 0 Å². The van der Waals surface area contributed by atoms with E-state index in [2.05, 4.69) is 188 Å². The predicted octanol–water partition coefficient (Wildman–Crippen LogP) is 13.8. The molecule has 0 saturated carbocycles. The number of rotatable bonds is 4. The van der Waals surface area contributed by atoms with Gasteiger partial charge in [-0.2, -0.15) is 0 Å². The van der Waals surface area contributed by atoms with Gasteiger partial charge in [-0.3, -0.25) is 0 Å². The van der Waals surface area contributed by atoms with E-state index in [4.69, 9.17) is 0 Å². The van der Waals surface area contributed by atoms with Crippen molar-refractivity contribution < 1.29 is 0 Å². The molecule has 236 valence electrons. The fourth-order valence-electron chi connectivity index (χ4n) is 9.11. The fraction of sp³-hybridized carbons (Fsp3) is 0.0196. The zero-order valence-corrected chi connectivity index (χ0v) is 28.0. The summed E-state index contributed by atoms with van der Waals surface area (Å²) in [5.74, 6) is 0.130. The van der Waals surface area contributed by atoms with Gasteiger partial charge in [0.15, 0.2) is 0 Å². The van der Waals surface area contributed by atoms with Crippen molar-refractivity contribution in [1.29, 1.82) is 0 Å². The average molecular weight is 645 g/mol. The van der Waals surface area contributed by atoms with E-state index in [9.17, 15) is 0 Å². The molecule has 0 heteroatoms. The van der Waals surface area contributed by atoms with E-state index >= 15 is 0 Å². The van der Waals surface area contributed by atoms with E-state index in [0.717, 1.165) is 0 Å². The summed E-state index contributed by atoms with van der Waals surface area (Å²) in [5, 5.41) is 7.87. The third kappa shape index (κ3) is 4.20. The maximum Gasteiger partial charge on any atom is 0.0364 e. The lowest BCUT2D eigenvalue weighted by molar-refractivity contribution is 1.10. The highest BCUT2D eigenvalue weighted by molar-refractivity contribution is 6.18. The molecule has 1 atom stereocenters. The molecule has 0 radical (unpaired) electrons. The van der Waals surface area contributed by atoms with Crippen LogP contribution in [0.3, 0.4) is 0 Å². The number of hydrogen-bond acceptors (Lipinski definition) is 0. The minimum absolute atomic E-state index is 0.130. The topological polar surface area (TPSA) is 0 Å². The van der Waals surface area contributed by atoms with Crippen molar-refractivity contribution in [2.24, 2.45) is 0 Å². The molecular formula is C51H32. The highest BCUT2D eigenvalue weighted by Gasteiger charge is 2.31. The molecule has 0 amide bonds. The van der Waals surface area contributed by atoms with E-state index in [0.29, 0.717) is 0 Å².